The van der Waals surface area contributed by atoms with E-state index in [4.69, 9.17) is 58.3 Å². The van der Waals surface area contributed by atoms with Crippen molar-refractivity contribution in [3.05, 3.63) is 70.6 Å². The monoisotopic (exact) mass is 814 g/mol. The van der Waals surface area contributed by atoms with Crippen LogP contribution in [0.4, 0.5) is 0 Å². The third kappa shape index (κ3) is 14.1. The fourth-order valence-corrected chi connectivity index (χ4v) is 4.50. The largest absolute Gasteiger partial charge is 0.505 e. The number of methoxy groups -OCH3 is 6. The summed E-state index contributed by atoms with van der Waals surface area (Å²) in [6, 6.07) is 6.56. The van der Waals surface area contributed by atoms with Gasteiger partial charge in [-0.1, -0.05) is 0 Å². The summed E-state index contributed by atoms with van der Waals surface area (Å²) in [5.41, 5.74) is 1.18. The Morgan fingerprint density at radius 1 is 0.614 bits per heavy atom. The van der Waals surface area contributed by atoms with E-state index in [0.717, 1.165) is 6.08 Å². The third-order valence-electron chi connectivity index (χ3n) is 7.27. The third-order valence-corrected chi connectivity index (χ3v) is 7.27. The SMILES string of the molecule is COc1cc(OC)c(OC)cc1/C=C/C(=O)O.COc1cc(OC)c(OC)cc1/C=C/C(=O)OCC[C@H]1OC(=O)C(O)=C1O.O.O.O=C1O[C@H](CCO)C(O)=C1O. The molecule has 21 heteroatoms. The number of carboxylic acid groups (broad SMARTS) is 1. The van der Waals surface area contributed by atoms with Gasteiger partial charge in [-0.3, -0.25) is 0 Å². The molecular weight excluding hydrogens is 768 g/mol. The Morgan fingerprint density at radius 3 is 1.32 bits per heavy atom. The van der Waals surface area contributed by atoms with Crippen molar-refractivity contribution in [1.82, 2.24) is 0 Å². The molecule has 0 unspecified atom stereocenters. The number of benzene rings is 2. The Kier molecular flexibility index (Phi) is 21.6. The van der Waals surface area contributed by atoms with Gasteiger partial charge in [0, 0.05) is 54.9 Å². The Bertz CT molecular complexity index is 1810. The van der Waals surface area contributed by atoms with Crippen LogP contribution in [0.5, 0.6) is 34.5 Å². The molecule has 21 nitrogen and oxygen atoms in total. The molecule has 10 N–H and O–H groups in total. The van der Waals surface area contributed by atoms with Crippen LogP contribution in [0, 0.1) is 0 Å². The highest BCUT2D eigenvalue weighted by Crippen LogP contribution is 2.36. The van der Waals surface area contributed by atoms with Crippen LogP contribution in [0.15, 0.2) is 59.5 Å². The molecule has 2 atom stereocenters. The summed E-state index contributed by atoms with van der Waals surface area (Å²) in [7, 11) is 9.00. The summed E-state index contributed by atoms with van der Waals surface area (Å²) < 4.78 is 45.2. The number of aliphatic carboxylic acids is 1. The molecule has 0 radical (unpaired) electrons. The minimum Gasteiger partial charge on any atom is -0.505 e. The van der Waals surface area contributed by atoms with E-state index in [0.29, 0.717) is 45.6 Å². The molecule has 0 fully saturated rings. The second kappa shape index (κ2) is 24.5. The second-order valence-electron chi connectivity index (χ2n) is 10.6. The Balaban J connectivity index is 0.000000895. The number of carbonyl (C=O) groups excluding carboxylic acids is 3. The topological polar surface area (TPSA) is 336 Å². The summed E-state index contributed by atoms with van der Waals surface area (Å²) >= 11 is 0. The van der Waals surface area contributed by atoms with E-state index in [-0.39, 0.29) is 37.0 Å². The lowest BCUT2D eigenvalue weighted by atomic mass is 10.1. The average Bonchev–Trinajstić information content (AvgIpc) is 3.58. The smallest absolute Gasteiger partial charge is 0.377 e. The van der Waals surface area contributed by atoms with Crippen molar-refractivity contribution in [3.63, 3.8) is 0 Å². The quantitative estimate of drug-likeness (QED) is 0.0846. The molecule has 316 valence electrons. The van der Waals surface area contributed by atoms with Gasteiger partial charge in [0.2, 0.25) is 11.5 Å². The lowest BCUT2D eigenvalue weighted by Crippen LogP contribution is -2.16. The van der Waals surface area contributed by atoms with Crippen LogP contribution in [0.2, 0.25) is 0 Å². The highest BCUT2D eigenvalue weighted by atomic mass is 16.6. The first-order chi connectivity index (χ1) is 26.2. The molecule has 0 spiro atoms. The van der Waals surface area contributed by atoms with Gasteiger partial charge in [0.1, 0.15) is 11.5 Å². The van der Waals surface area contributed by atoms with E-state index in [9.17, 15) is 29.4 Å². The zero-order chi connectivity index (χ0) is 41.2. The number of carboxylic acids is 1. The molecule has 0 amide bonds. The zero-order valence-corrected chi connectivity index (χ0v) is 31.6. The van der Waals surface area contributed by atoms with E-state index < -0.39 is 59.1 Å². The Labute approximate surface area is 325 Å². The molecular formula is C36H46O21. The van der Waals surface area contributed by atoms with E-state index >= 15 is 0 Å². The number of aliphatic hydroxyl groups excluding tert-OH is 5. The van der Waals surface area contributed by atoms with Crippen LogP contribution in [0.1, 0.15) is 24.0 Å². The van der Waals surface area contributed by atoms with Gasteiger partial charge in [0.05, 0.1) is 49.3 Å². The Hall–Kier alpha value is -6.84. The van der Waals surface area contributed by atoms with Crippen molar-refractivity contribution in [3.8, 4) is 34.5 Å². The second-order valence-corrected chi connectivity index (χ2v) is 10.6. The first-order valence-electron chi connectivity index (χ1n) is 15.8. The molecule has 2 aliphatic rings. The van der Waals surface area contributed by atoms with E-state index in [1.165, 1.54) is 60.9 Å². The van der Waals surface area contributed by atoms with Crippen LogP contribution in [-0.4, -0.2) is 134 Å². The average molecular weight is 815 g/mol. The molecule has 2 aliphatic heterocycles. The number of carbonyl (C=O) groups is 4. The summed E-state index contributed by atoms with van der Waals surface area (Å²) in [5.74, 6) is -3.31. The van der Waals surface area contributed by atoms with Crippen molar-refractivity contribution in [1.29, 1.82) is 0 Å². The molecule has 0 aromatic heterocycles. The lowest BCUT2D eigenvalue weighted by Gasteiger charge is -2.12. The maximum Gasteiger partial charge on any atom is 0.377 e. The maximum atomic E-state index is 11.8. The van der Waals surface area contributed by atoms with Gasteiger partial charge in [0.15, 0.2) is 46.7 Å². The van der Waals surface area contributed by atoms with Crippen LogP contribution in [0.3, 0.4) is 0 Å². The predicted octanol–water partition coefficient (Wildman–Crippen LogP) is 1.69. The number of rotatable bonds is 15. The van der Waals surface area contributed by atoms with Crippen molar-refractivity contribution >= 4 is 36.0 Å². The number of esters is 3. The van der Waals surface area contributed by atoms with Crippen LogP contribution in [-0.2, 0) is 33.4 Å². The first kappa shape index (κ1) is 50.2. The number of hydrogen-bond donors (Lipinski definition) is 6. The van der Waals surface area contributed by atoms with Gasteiger partial charge < -0.3 is 84.2 Å². The molecule has 2 aromatic carbocycles. The fourth-order valence-electron chi connectivity index (χ4n) is 4.50. The molecule has 2 heterocycles. The maximum absolute atomic E-state index is 11.8. The number of hydrogen-bond acceptors (Lipinski definition) is 18. The first-order valence-corrected chi connectivity index (χ1v) is 15.8. The minimum atomic E-state index is -1.03. The normalized spacial score (nSPS) is 15.5. The van der Waals surface area contributed by atoms with Gasteiger partial charge in [-0.2, -0.15) is 0 Å². The summed E-state index contributed by atoms with van der Waals surface area (Å²) in [6.45, 7) is -0.336. The lowest BCUT2D eigenvalue weighted by molar-refractivity contribution is -0.144. The van der Waals surface area contributed by atoms with Crippen molar-refractivity contribution in [2.24, 2.45) is 0 Å². The van der Waals surface area contributed by atoms with Gasteiger partial charge in [-0.15, -0.1) is 0 Å². The number of ether oxygens (including phenoxy) is 9. The van der Waals surface area contributed by atoms with Crippen molar-refractivity contribution in [2.75, 3.05) is 55.9 Å². The number of aliphatic hydroxyl groups is 5. The van der Waals surface area contributed by atoms with Gasteiger partial charge in [-0.05, 0) is 24.3 Å². The molecule has 4 rings (SSSR count). The standard InChI is InChI=1S/C18H20O9.C12H14O5.C6H8O5.2H2O/c1-23-12-9-14(25-3)13(24-2)8-10(12)4-5-15(19)26-7-6-11-16(20)17(21)18(22)27-11;1-15-9-7-11(17-3)10(16-2)6-8(9)4-5-12(13)14;7-2-1-3-4(8)5(9)6(10)11-3;;/h4-5,8-9,11,20-21H,6-7H2,1-3H3;4-7H,1-3H3,(H,13,14);3,7-9H,1-2H2;2*1H2/b2*5-4+;;;/t11-;;3-;;/m1.1../s1. The minimum absolute atomic E-state index is 0. The summed E-state index contributed by atoms with van der Waals surface area (Å²) in [6.07, 6.45) is 3.35. The predicted molar refractivity (Wildman–Crippen MR) is 197 cm³/mol. The molecule has 2 aromatic rings. The zero-order valence-electron chi connectivity index (χ0n) is 31.6. The highest BCUT2D eigenvalue weighted by Gasteiger charge is 2.34. The highest BCUT2D eigenvalue weighted by molar-refractivity contribution is 5.90. The van der Waals surface area contributed by atoms with Crippen LogP contribution >= 0.6 is 0 Å². The van der Waals surface area contributed by atoms with Crippen LogP contribution in [0.25, 0.3) is 12.2 Å². The fraction of sp³-hybridized carbons (Fsp3) is 0.333. The summed E-state index contributed by atoms with van der Waals surface area (Å²) in [5, 5.41) is 53.3. The molecule has 0 saturated carbocycles. The molecule has 0 bridgehead atoms. The van der Waals surface area contributed by atoms with E-state index in [2.05, 4.69) is 4.74 Å². The Morgan fingerprint density at radius 2 is 0.982 bits per heavy atom. The van der Waals surface area contributed by atoms with Crippen molar-refractivity contribution < 1.29 is 103 Å². The molecule has 57 heavy (non-hydrogen) atoms. The van der Waals surface area contributed by atoms with Gasteiger partial charge >= 0.3 is 23.9 Å². The molecule has 0 aliphatic carbocycles. The summed E-state index contributed by atoms with van der Waals surface area (Å²) in [4.78, 5) is 43.9. The molecule has 0 saturated heterocycles. The number of cyclic esters (lactones) is 2. The van der Waals surface area contributed by atoms with E-state index in [1.54, 1.807) is 24.3 Å². The van der Waals surface area contributed by atoms with Gasteiger partial charge in [-0.25, -0.2) is 19.2 Å². The van der Waals surface area contributed by atoms with Gasteiger partial charge in [0.25, 0.3) is 0 Å². The van der Waals surface area contributed by atoms with Crippen LogP contribution < -0.4 is 28.4 Å². The van der Waals surface area contributed by atoms with Crippen molar-refractivity contribution in [2.45, 2.75) is 25.0 Å². The van der Waals surface area contributed by atoms with E-state index in [1.807, 2.05) is 0 Å².